The van der Waals surface area contributed by atoms with Crippen LogP contribution in [0.5, 0.6) is 0 Å². The van der Waals surface area contributed by atoms with E-state index in [-0.39, 0.29) is 11.8 Å². The van der Waals surface area contributed by atoms with Crippen molar-refractivity contribution >= 4 is 11.6 Å². The first-order valence-electron chi connectivity index (χ1n) is 9.57. The van der Waals surface area contributed by atoms with Gasteiger partial charge in [-0.15, -0.1) is 0 Å². The molecule has 1 saturated carbocycles. The van der Waals surface area contributed by atoms with E-state index in [1.165, 1.54) is 31.4 Å². The molecule has 0 aromatic heterocycles. The molecule has 0 radical (unpaired) electrons. The van der Waals surface area contributed by atoms with Gasteiger partial charge in [0.05, 0.1) is 11.6 Å². The van der Waals surface area contributed by atoms with Crippen molar-refractivity contribution in [2.45, 2.75) is 32.1 Å². The van der Waals surface area contributed by atoms with Crippen molar-refractivity contribution in [1.82, 2.24) is 9.80 Å². The Labute approximate surface area is 153 Å². The number of likely N-dealkylation sites (tertiary alicyclic amines) is 2. The second-order valence-electron chi connectivity index (χ2n) is 7.72. The number of benzene rings is 1. The van der Waals surface area contributed by atoms with E-state index in [9.17, 15) is 14.4 Å². The van der Waals surface area contributed by atoms with E-state index in [1.807, 2.05) is 9.80 Å². The molecule has 5 heteroatoms. The van der Waals surface area contributed by atoms with E-state index in [0.29, 0.717) is 43.3 Å². The van der Waals surface area contributed by atoms with Gasteiger partial charge >= 0.3 is 6.03 Å². The van der Waals surface area contributed by atoms with Gasteiger partial charge in [-0.2, -0.15) is 5.26 Å². The number of piperidine rings is 1. The lowest BCUT2D eigenvalue weighted by Gasteiger charge is -2.32. The third-order valence-corrected chi connectivity index (χ3v) is 6.23. The summed E-state index contributed by atoms with van der Waals surface area (Å²) >= 11 is 0. The summed E-state index contributed by atoms with van der Waals surface area (Å²) < 4.78 is 13.1. The third-order valence-electron chi connectivity index (χ3n) is 6.23. The number of urea groups is 1. The Kier molecular flexibility index (Phi) is 4.67. The average molecular weight is 353 g/mol. The molecule has 2 saturated heterocycles. The largest absolute Gasteiger partial charge is 0.324 e. The fourth-order valence-corrected chi connectivity index (χ4v) is 4.77. The molecular formula is C21H24FN3O. The van der Waals surface area contributed by atoms with Crippen molar-refractivity contribution < 1.29 is 9.18 Å². The first-order valence-corrected chi connectivity index (χ1v) is 9.57. The van der Waals surface area contributed by atoms with Crippen LogP contribution in [-0.2, 0) is 0 Å². The van der Waals surface area contributed by atoms with Crippen LogP contribution in [0.25, 0.3) is 5.57 Å². The lowest BCUT2D eigenvalue weighted by molar-refractivity contribution is 0.155. The van der Waals surface area contributed by atoms with E-state index in [4.69, 9.17) is 0 Å². The summed E-state index contributed by atoms with van der Waals surface area (Å²) in [5.74, 6) is 1.12. The second-order valence-corrected chi connectivity index (χ2v) is 7.72. The maximum Gasteiger partial charge on any atom is 0.320 e. The van der Waals surface area contributed by atoms with Crippen molar-refractivity contribution in [2.24, 2.45) is 11.8 Å². The maximum absolute atomic E-state index is 13.1. The van der Waals surface area contributed by atoms with E-state index >= 15 is 0 Å². The normalized spacial score (nSPS) is 25.2. The number of amides is 2. The number of hydrogen-bond acceptors (Lipinski definition) is 2. The zero-order valence-corrected chi connectivity index (χ0v) is 15.0. The van der Waals surface area contributed by atoms with Gasteiger partial charge in [0, 0.05) is 26.2 Å². The lowest BCUT2D eigenvalue weighted by Crippen LogP contribution is -2.45. The van der Waals surface area contributed by atoms with Crippen LogP contribution in [-0.4, -0.2) is 42.0 Å². The van der Waals surface area contributed by atoms with Gasteiger partial charge in [-0.3, -0.25) is 0 Å². The van der Waals surface area contributed by atoms with Crippen LogP contribution in [0.1, 0.15) is 37.7 Å². The smallest absolute Gasteiger partial charge is 0.320 e. The number of halogens is 1. The van der Waals surface area contributed by atoms with Crippen LogP contribution < -0.4 is 0 Å². The van der Waals surface area contributed by atoms with Crippen molar-refractivity contribution in [3.05, 3.63) is 41.2 Å². The molecule has 2 amide bonds. The summed E-state index contributed by atoms with van der Waals surface area (Å²) in [5, 5.41) is 9.55. The van der Waals surface area contributed by atoms with Gasteiger partial charge in [0.15, 0.2) is 0 Å². The highest BCUT2D eigenvalue weighted by molar-refractivity contribution is 5.80. The Morgan fingerprint density at radius 1 is 1.04 bits per heavy atom. The molecule has 0 spiro atoms. The van der Waals surface area contributed by atoms with Crippen molar-refractivity contribution in [2.75, 3.05) is 26.2 Å². The Morgan fingerprint density at radius 2 is 1.65 bits per heavy atom. The minimum Gasteiger partial charge on any atom is -0.324 e. The first-order chi connectivity index (χ1) is 12.7. The lowest BCUT2D eigenvalue weighted by atomic mass is 9.94. The number of allylic oxidation sites excluding steroid dienone is 1. The highest BCUT2D eigenvalue weighted by atomic mass is 19.1. The monoisotopic (exact) mass is 353 g/mol. The summed E-state index contributed by atoms with van der Waals surface area (Å²) in [6.45, 7) is 3.15. The fraction of sp³-hybridized carbons (Fsp3) is 0.524. The zero-order chi connectivity index (χ0) is 18.1. The minimum absolute atomic E-state index is 0.165. The molecule has 26 heavy (non-hydrogen) atoms. The molecule has 0 bridgehead atoms. The van der Waals surface area contributed by atoms with Gasteiger partial charge < -0.3 is 9.80 Å². The van der Waals surface area contributed by atoms with Gasteiger partial charge in [0.2, 0.25) is 0 Å². The van der Waals surface area contributed by atoms with Crippen LogP contribution in [0.4, 0.5) is 9.18 Å². The highest BCUT2D eigenvalue weighted by Crippen LogP contribution is 2.38. The predicted octanol–water partition coefficient (Wildman–Crippen LogP) is 4.05. The second kappa shape index (κ2) is 7.11. The molecule has 4 rings (SSSR count). The number of nitriles is 1. The summed E-state index contributed by atoms with van der Waals surface area (Å²) in [6.07, 6.45) is 5.28. The number of carbonyl (C=O) groups is 1. The van der Waals surface area contributed by atoms with Crippen LogP contribution in [0.3, 0.4) is 0 Å². The molecule has 2 heterocycles. The van der Waals surface area contributed by atoms with Crippen LogP contribution in [0.15, 0.2) is 29.8 Å². The number of nitrogens with zero attached hydrogens (tertiary/aromatic N) is 3. The van der Waals surface area contributed by atoms with E-state index in [0.717, 1.165) is 24.2 Å². The van der Waals surface area contributed by atoms with Crippen molar-refractivity contribution in [1.29, 1.82) is 5.26 Å². The van der Waals surface area contributed by atoms with Crippen LogP contribution in [0.2, 0.25) is 0 Å². The molecule has 1 aromatic rings. The fourth-order valence-electron chi connectivity index (χ4n) is 4.77. The topological polar surface area (TPSA) is 47.3 Å². The minimum atomic E-state index is -0.299. The average Bonchev–Trinajstić information content (AvgIpc) is 3.26. The SMILES string of the molecule is N#CC(=C1CCN(C(=O)N2CC3CCCC3C2)CC1)c1ccc(F)cc1. The highest BCUT2D eigenvalue weighted by Gasteiger charge is 2.39. The van der Waals surface area contributed by atoms with E-state index < -0.39 is 0 Å². The van der Waals surface area contributed by atoms with Crippen molar-refractivity contribution in [3.63, 3.8) is 0 Å². The molecule has 1 aliphatic carbocycles. The Bertz CT molecular complexity index is 742. The number of carbonyl (C=O) groups excluding carboxylic acids is 1. The van der Waals surface area contributed by atoms with Crippen LogP contribution >= 0.6 is 0 Å². The quantitative estimate of drug-likeness (QED) is 0.715. The summed E-state index contributed by atoms with van der Waals surface area (Å²) in [6, 6.07) is 8.52. The predicted molar refractivity (Wildman–Crippen MR) is 97.5 cm³/mol. The van der Waals surface area contributed by atoms with Crippen molar-refractivity contribution in [3.8, 4) is 6.07 Å². The molecule has 2 unspecified atom stereocenters. The Balaban J connectivity index is 1.41. The molecular weight excluding hydrogens is 329 g/mol. The maximum atomic E-state index is 13.1. The molecule has 3 fully saturated rings. The molecule has 136 valence electrons. The number of hydrogen-bond donors (Lipinski definition) is 0. The van der Waals surface area contributed by atoms with E-state index in [1.54, 1.807) is 12.1 Å². The van der Waals surface area contributed by atoms with Gasteiger partial charge in [-0.1, -0.05) is 18.6 Å². The standard InChI is InChI=1S/C21H24FN3O/c22-19-6-4-15(5-7-19)20(12-23)16-8-10-24(11-9-16)21(26)25-13-17-2-1-3-18(17)14-25/h4-7,17-18H,1-3,8-11,13-14H2. The summed E-state index contributed by atoms with van der Waals surface area (Å²) in [7, 11) is 0. The van der Waals surface area contributed by atoms with Gasteiger partial charge in [0.1, 0.15) is 5.82 Å². The zero-order valence-electron chi connectivity index (χ0n) is 15.0. The van der Waals surface area contributed by atoms with Crippen LogP contribution in [0, 0.1) is 29.0 Å². The summed E-state index contributed by atoms with van der Waals surface area (Å²) in [4.78, 5) is 16.8. The van der Waals surface area contributed by atoms with E-state index in [2.05, 4.69) is 6.07 Å². The van der Waals surface area contributed by atoms with Gasteiger partial charge in [0.25, 0.3) is 0 Å². The van der Waals surface area contributed by atoms with Gasteiger partial charge in [-0.25, -0.2) is 9.18 Å². The van der Waals surface area contributed by atoms with Gasteiger partial charge in [-0.05, 0) is 60.8 Å². The number of rotatable bonds is 1. The molecule has 0 N–H and O–H groups in total. The third kappa shape index (κ3) is 3.21. The molecule has 3 aliphatic rings. The molecule has 1 aromatic carbocycles. The molecule has 2 atom stereocenters. The summed E-state index contributed by atoms with van der Waals surface area (Å²) in [5.41, 5.74) is 2.46. The molecule has 4 nitrogen and oxygen atoms in total. The number of fused-ring (bicyclic) bond motifs is 1. The Morgan fingerprint density at radius 3 is 2.23 bits per heavy atom. The molecule has 2 aliphatic heterocycles. The Hall–Kier alpha value is -2.35. The first kappa shape index (κ1) is 17.1.